The Labute approximate surface area is 117 Å². The molecule has 0 saturated carbocycles. The van der Waals surface area contributed by atoms with Crippen LogP contribution in [0.1, 0.15) is 22.3 Å². The van der Waals surface area contributed by atoms with E-state index in [0.717, 1.165) is 41.7 Å². The Bertz CT molecular complexity index is 447. The van der Waals surface area contributed by atoms with Gasteiger partial charge in [-0.3, -0.25) is 4.79 Å². The molecule has 1 aliphatic rings. The number of aryl methyl sites for hydroxylation is 1. The van der Waals surface area contributed by atoms with E-state index in [1.807, 2.05) is 37.1 Å². The lowest BCUT2D eigenvalue weighted by Gasteiger charge is -2.18. The van der Waals surface area contributed by atoms with Gasteiger partial charge in [0, 0.05) is 23.1 Å². The topological polar surface area (TPSA) is 32.3 Å². The Hall–Kier alpha value is -0.870. The van der Waals surface area contributed by atoms with Gasteiger partial charge in [-0.1, -0.05) is 15.9 Å². The quantitative estimate of drug-likeness (QED) is 0.930. The van der Waals surface area contributed by atoms with Crippen LogP contribution in [0.15, 0.2) is 22.7 Å². The summed E-state index contributed by atoms with van der Waals surface area (Å²) in [4.78, 5) is 14.4. The van der Waals surface area contributed by atoms with Crippen molar-refractivity contribution in [1.82, 2.24) is 10.2 Å². The van der Waals surface area contributed by atoms with E-state index in [2.05, 4.69) is 21.2 Å². The maximum atomic E-state index is 12.4. The number of carbonyl (C=O) groups is 1. The van der Waals surface area contributed by atoms with Gasteiger partial charge in [-0.25, -0.2) is 0 Å². The zero-order valence-corrected chi connectivity index (χ0v) is 12.5. The third-order valence-electron chi connectivity index (χ3n) is 3.48. The van der Waals surface area contributed by atoms with Crippen molar-refractivity contribution in [3.8, 4) is 0 Å². The highest BCUT2D eigenvalue weighted by atomic mass is 79.9. The van der Waals surface area contributed by atoms with E-state index < -0.39 is 0 Å². The summed E-state index contributed by atoms with van der Waals surface area (Å²) in [6.45, 7) is 4.72. The second-order valence-corrected chi connectivity index (χ2v) is 5.84. The molecule has 0 aliphatic carbocycles. The average Bonchev–Trinajstić information content (AvgIpc) is 2.77. The SMILES string of the molecule is CNC[C@H]1CCN(C(=O)c2ccc(Br)cc2C)C1. The van der Waals surface area contributed by atoms with Gasteiger partial charge < -0.3 is 10.2 Å². The fourth-order valence-electron chi connectivity index (χ4n) is 2.51. The molecule has 4 heteroatoms. The lowest BCUT2D eigenvalue weighted by molar-refractivity contribution is 0.0786. The second kappa shape index (κ2) is 5.85. The van der Waals surface area contributed by atoms with Gasteiger partial charge in [-0.05, 0) is 56.6 Å². The second-order valence-electron chi connectivity index (χ2n) is 4.92. The molecule has 98 valence electrons. The lowest BCUT2D eigenvalue weighted by atomic mass is 10.1. The van der Waals surface area contributed by atoms with Crippen molar-refractivity contribution in [2.24, 2.45) is 5.92 Å². The average molecular weight is 311 g/mol. The van der Waals surface area contributed by atoms with Gasteiger partial charge in [0.05, 0.1) is 0 Å². The Kier molecular flexibility index (Phi) is 4.40. The van der Waals surface area contributed by atoms with Gasteiger partial charge in [-0.15, -0.1) is 0 Å². The molecular formula is C14H19BrN2O. The minimum Gasteiger partial charge on any atom is -0.338 e. The maximum Gasteiger partial charge on any atom is 0.254 e. The Morgan fingerprint density at radius 1 is 1.56 bits per heavy atom. The zero-order chi connectivity index (χ0) is 13.1. The highest BCUT2D eigenvalue weighted by Crippen LogP contribution is 2.21. The third kappa shape index (κ3) is 2.93. The van der Waals surface area contributed by atoms with Crippen LogP contribution >= 0.6 is 15.9 Å². The summed E-state index contributed by atoms with van der Waals surface area (Å²) in [5, 5.41) is 3.18. The number of nitrogens with one attached hydrogen (secondary N) is 1. The normalized spacial score (nSPS) is 19.3. The first-order valence-electron chi connectivity index (χ1n) is 6.32. The molecule has 1 aromatic rings. The molecule has 0 bridgehead atoms. The number of hydrogen-bond donors (Lipinski definition) is 1. The van der Waals surface area contributed by atoms with E-state index in [-0.39, 0.29) is 5.91 Å². The van der Waals surface area contributed by atoms with Crippen LogP contribution in [0, 0.1) is 12.8 Å². The standard InChI is InChI=1S/C14H19BrN2O/c1-10-7-12(15)3-4-13(10)14(18)17-6-5-11(9-17)8-16-2/h3-4,7,11,16H,5-6,8-9H2,1-2H3/t11-/m1/s1. The number of likely N-dealkylation sites (tertiary alicyclic amines) is 1. The molecule has 0 aromatic heterocycles. The van der Waals surface area contributed by atoms with Crippen molar-refractivity contribution in [3.63, 3.8) is 0 Å². The predicted octanol–water partition coefficient (Wildman–Crippen LogP) is 2.44. The van der Waals surface area contributed by atoms with E-state index in [4.69, 9.17) is 0 Å². The van der Waals surface area contributed by atoms with Gasteiger partial charge >= 0.3 is 0 Å². The number of benzene rings is 1. The van der Waals surface area contributed by atoms with Crippen molar-refractivity contribution < 1.29 is 4.79 Å². The zero-order valence-electron chi connectivity index (χ0n) is 10.9. The first kappa shape index (κ1) is 13.6. The van der Waals surface area contributed by atoms with Gasteiger partial charge in [0.2, 0.25) is 0 Å². The summed E-state index contributed by atoms with van der Waals surface area (Å²) >= 11 is 3.43. The summed E-state index contributed by atoms with van der Waals surface area (Å²) in [6, 6.07) is 5.84. The van der Waals surface area contributed by atoms with Gasteiger partial charge in [0.1, 0.15) is 0 Å². The Balaban J connectivity index is 2.08. The van der Waals surface area contributed by atoms with Crippen molar-refractivity contribution in [1.29, 1.82) is 0 Å². The molecule has 1 heterocycles. The number of amides is 1. The minimum atomic E-state index is 0.165. The number of hydrogen-bond acceptors (Lipinski definition) is 2. The van der Waals surface area contributed by atoms with Crippen molar-refractivity contribution >= 4 is 21.8 Å². The smallest absolute Gasteiger partial charge is 0.254 e. The summed E-state index contributed by atoms with van der Waals surface area (Å²) < 4.78 is 1.02. The molecule has 3 nitrogen and oxygen atoms in total. The minimum absolute atomic E-state index is 0.165. The van der Waals surface area contributed by atoms with Crippen LogP contribution in [0.4, 0.5) is 0 Å². The number of nitrogens with zero attached hydrogens (tertiary/aromatic N) is 1. The van der Waals surface area contributed by atoms with E-state index >= 15 is 0 Å². The number of rotatable bonds is 3. The molecule has 0 spiro atoms. The summed E-state index contributed by atoms with van der Waals surface area (Å²) in [6.07, 6.45) is 1.10. The predicted molar refractivity (Wildman–Crippen MR) is 76.8 cm³/mol. The maximum absolute atomic E-state index is 12.4. The van der Waals surface area contributed by atoms with E-state index in [1.165, 1.54) is 0 Å². The van der Waals surface area contributed by atoms with Crippen molar-refractivity contribution in [2.45, 2.75) is 13.3 Å². The Morgan fingerprint density at radius 3 is 3.00 bits per heavy atom. The summed E-state index contributed by atoms with van der Waals surface area (Å²) in [5.74, 6) is 0.758. The largest absolute Gasteiger partial charge is 0.338 e. The van der Waals surface area contributed by atoms with Gasteiger partial charge in [0.25, 0.3) is 5.91 Å². The molecule has 1 atom stereocenters. The fraction of sp³-hybridized carbons (Fsp3) is 0.500. The van der Waals surface area contributed by atoms with Crippen LogP contribution in [0.2, 0.25) is 0 Å². The van der Waals surface area contributed by atoms with E-state index in [0.29, 0.717) is 5.92 Å². The monoisotopic (exact) mass is 310 g/mol. The molecule has 2 rings (SSSR count). The van der Waals surface area contributed by atoms with Crippen LogP contribution in [0.5, 0.6) is 0 Å². The summed E-state index contributed by atoms with van der Waals surface area (Å²) in [7, 11) is 1.96. The van der Waals surface area contributed by atoms with Crippen LogP contribution in [-0.2, 0) is 0 Å². The van der Waals surface area contributed by atoms with Crippen molar-refractivity contribution in [3.05, 3.63) is 33.8 Å². The van der Waals surface area contributed by atoms with Crippen LogP contribution in [-0.4, -0.2) is 37.5 Å². The molecule has 1 N–H and O–H groups in total. The molecule has 1 aromatic carbocycles. The Morgan fingerprint density at radius 2 is 2.33 bits per heavy atom. The molecule has 1 aliphatic heterocycles. The third-order valence-corrected chi connectivity index (χ3v) is 3.98. The first-order chi connectivity index (χ1) is 8.61. The molecule has 1 amide bonds. The molecule has 18 heavy (non-hydrogen) atoms. The number of halogens is 1. The number of carbonyl (C=O) groups excluding carboxylic acids is 1. The van der Waals surface area contributed by atoms with Crippen LogP contribution < -0.4 is 5.32 Å². The first-order valence-corrected chi connectivity index (χ1v) is 7.11. The fourth-order valence-corrected chi connectivity index (χ4v) is 2.99. The highest BCUT2D eigenvalue weighted by Gasteiger charge is 2.27. The molecule has 0 unspecified atom stereocenters. The van der Waals surface area contributed by atoms with Gasteiger partial charge in [-0.2, -0.15) is 0 Å². The van der Waals surface area contributed by atoms with Crippen LogP contribution in [0.25, 0.3) is 0 Å². The van der Waals surface area contributed by atoms with Crippen molar-refractivity contribution in [2.75, 3.05) is 26.7 Å². The summed E-state index contributed by atoms with van der Waals surface area (Å²) in [5.41, 5.74) is 1.86. The highest BCUT2D eigenvalue weighted by molar-refractivity contribution is 9.10. The molecule has 1 saturated heterocycles. The molecular weight excluding hydrogens is 292 g/mol. The van der Waals surface area contributed by atoms with Crippen LogP contribution in [0.3, 0.4) is 0 Å². The van der Waals surface area contributed by atoms with E-state index in [1.54, 1.807) is 0 Å². The lowest BCUT2D eigenvalue weighted by Crippen LogP contribution is -2.30. The van der Waals surface area contributed by atoms with Gasteiger partial charge in [0.15, 0.2) is 0 Å². The molecule has 1 fully saturated rings. The molecule has 0 radical (unpaired) electrons. The van der Waals surface area contributed by atoms with E-state index in [9.17, 15) is 4.79 Å².